The third-order valence-electron chi connectivity index (χ3n) is 2.65. The fourth-order valence-corrected chi connectivity index (χ4v) is 2.05. The quantitative estimate of drug-likeness (QED) is 0.597. The molecule has 3 rings (SSSR count). The predicted molar refractivity (Wildman–Crippen MR) is 64.6 cm³/mol. The van der Waals surface area contributed by atoms with Crippen molar-refractivity contribution >= 4 is 34.0 Å². The van der Waals surface area contributed by atoms with Crippen molar-refractivity contribution in [2.24, 2.45) is 0 Å². The number of benzene rings is 1. The van der Waals surface area contributed by atoms with Crippen molar-refractivity contribution < 1.29 is 13.2 Å². The molecule has 2 heterocycles. The zero-order valence-electron chi connectivity index (χ0n) is 9.48. The number of hydrogen-bond donors (Lipinski definition) is 0. The van der Waals surface area contributed by atoms with Crippen LogP contribution in [0.1, 0.15) is 5.82 Å². The van der Waals surface area contributed by atoms with Crippen LogP contribution in [0.4, 0.5) is 18.9 Å². The smallest absolute Gasteiger partial charge is 0.268 e. The van der Waals surface area contributed by atoms with E-state index in [1.807, 2.05) is 0 Å². The summed E-state index contributed by atoms with van der Waals surface area (Å²) in [5.74, 6) is -1.20. The Morgan fingerprint density at radius 2 is 2.00 bits per heavy atom. The molecule has 2 aromatic heterocycles. The Hall–Kier alpha value is -2.40. The van der Waals surface area contributed by atoms with Gasteiger partial charge in [-0.1, -0.05) is 17.7 Å². The second kappa shape index (κ2) is 4.05. The number of fused-ring (bicyclic) bond motifs is 3. The normalized spacial score (nSPS) is 11.9. The Morgan fingerprint density at radius 1 is 1.25 bits per heavy atom. The van der Waals surface area contributed by atoms with Gasteiger partial charge >= 0.3 is 6.18 Å². The molecule has 0 fully saturated rings. The summed E-state index contributed by atoms with van der Waals surface area (Å²) in [5, 5.41) is 6.35. The van der Waals surface area contributed by atoms with E-state index in [1.165, 1.54) is 18.2 Å². The van der Waals surface area contributed by atoms with Gasteiger partial charge in [-0.15, -0.1) is 10.2 Å². The molecular weight excluding hydrogens is 295 g/mol. The highest BCUT2D eigenvalue weighted by Gasteiger charge is 2.38. The highest BCUT2D eigenvalue weighted by atomic mass is 35.5. The lowest BCUT2D eigenvalue weighted by atomic mass is 10.2. The van der Waals surface area contributed by atoms with Crippen LogP contribution < -0.4 is 0 Å². The minimum atomic E-state index is -4.69. The molecule has 0 N–H and O–H groups in total. The van der Waals surface area contributed by atoms with Gasteiger partial charge in [-0.05, 0) is 12.1 Å². The fraction of sp³-hybridized carbons (Fsp3) is 0.0909. The lowest BCUT2D eigenvalue weighted by Gasteiger charge is -2.08. The third-order valence-corrected chi connectivity index (χ3v) is 2.90. The fourth-order valence-electron chi connectivity index (χ4n) is 1.84. The van der Waals surface area contributed by atoms with Crippen molar-refractivity contribution in [3.8, 4) is 0 Å². The number of halogens is 4. The molecule has 20 heavy (non-hydrogen) atoms. The molecular formula is C11H3ClF3N5. The first-order valence-electron chi connectivity index (χ1n) is 5.21. The molecule has 0 saturated heterocycles. The van der Waals surface area contributed by atoms with Crippen LogP contribution in [0.3, 0.4) is 0 Å². The lowest BCUT2D eigenvalue weighted by Crippen LogP contribution is -2.11. The number of rotatable bonds is 0. The molecule has 0 bridgehead atoms. The summed E-state index contributed by atoms with van der Waals surface area (Å²) in [5.41, 5.74) is 0.286. The van der Waals surface area contributed by atoms with Crippen LogP contribution in [0.15, 0.2) is 18.2 Å². The second-order valence-corrected chi connectivity index (χ2v) is 4.23. The van der Waals surface area contributed by atoms with Crippen LogP contribution in [-0.2, 0) is 6.18 Å². The SMILES string of the molecule is [C-]#[N+]c1ccc2nc(Cl)c3nnc(C(F)(F)F)n3c2c1. The van der Waals surface area contributed by atoms with Gasteiger partial charge in [0.2, 0.25) is 5.82 Å². The van der Waals surface area contributed by atoms with E-state index < -0.39 is 12.0 Å². The van der Waals surface area contributed by atoms with E-state index in [0.29, 0.717) is 0 Å². The first-order valence-corrected chi connectivity index (χ1v) is 5.58. The van der Waals surface area contributed by atoms with Gasteiger partial charge in [0.25, 0.3) is 0 Å². The Morgan fingerprint density at radius 3 is 2.65 bits per heavy atom. The van der Waals surface area contributed by atoms with E-state index in [2.05, 4.69) is 20.0 Å². The topological polar surface area (TPSA) is 47.4 Å². The Bertz CT molecular complexity index is 878. The molecule has 9 heteroatoms. The van der Waals surface area contributed by atoms with Crippen LogP contribution in [0.5, 0.6) is 0 Å². The number of hydrogen-bond acceptors (Lipinski definition) is 3. The Labute approximate surface area is 114 Å². The predicted octanol–water partition coefficient (Wildman–Crippen LogP) is 3.50. The number of nitrogens with zero attached hydrogens (tertiary/aromatic N) is 5. The molecule has 0 radical (unpaired) electrons. The summed E-state index contributed by atoms with van der Waals surface area (Å²) < 4.78 is 39.6. The molecule has 0 saturated carbocycles. The standard InChI is InChI=1S/C11H3ClF3N5/c1-16-5-2-3-6-7(4-5)20-9(8(12)17-6)18-19-10(20)11(13,14)15/h2-4H. The minimum absolute atomic E-state index is 0.0789. The van der Waals surface area contributed by atoms with Gasteiger partial charge in [0.1, 0.15) is 0 Å². The van der Waals surface area contributed by atoms with E-state index >= 15 is 0 Å². The largest absolute Gasteiger partial charge is 0.452 e. The highest BCUT2D eigenvalue weighted by molar-refractivity contribution is 6.32. The first kappa shape index (κ1) is 12.6. The zero-order chi connectivity index (χ0) is 14.5. The molecule has 100 valence electrons. The molecule has 0 aliphatic heterocycles. The van der Waals surface area contributed by atoms with Crippen molar-refractivity contribution in [3.63, 3.8) is 0 Å². The van der Waals surface area contributed by atoms with Gasteiger partial charge in [-0.25, -0.2) is 9.83 Å². The summed E-state index contributed by atoms with van der Waals surface area (Å²) >= 11 is 5.81. The maximum atomic E-state index is 12.9. The minimum Gasteiger partial charge on any atom is -0.268 e. The molecule has 0 unspecified atom stereocenters. The summed E-state index contributed by atoms with van der Waals surface area (Å²) in [6, 6.07) is 4.16. The summed E-state index contributed by atoms with van der Waals surface area (Å²) in [6.45, 7) is 6.92. The van der Waals surface area contributed by atoms with Crippen molar-refractivity contribution in [2.45, 2.75) is 6.18 Å². The van der Waals surface area contributed by atoms with E-state index in [0.717, 1.165) is 4.40 Å². The monoisotopic (exact) mass is 297 g/mol. The number of aromatic nitrogens is 4. The van der Waals surface area contributed by atoms with E-state index in [-0.39, 0.29) is 27.5 Å². The van der Waals surface area contributed by atoms with E-state index in [4.69, 9.17) is 18.2 Å². The van der Waals surface area contributed by atoms with Crippen LogP contribution in [0.2, 0.25) is 5.15 Å². The van der Waals surface area contributed by atoms with Crippen LogP contribution in [-0.4, -0.2) is 19.6 Å². The third kappa shape index (κ3) is 1.75. The molecule has 0 aliphatic carbocycles. The average Bonchev–Trinajstić information content (AvgIpc) is 2.84. The summed E-state index contributed by atoms with van der Waals surface area (Å²) in [4.78, 5) is 7.13. The lowest BCUT2D eigenvalue weighted by molar-refractivity contribution is -0.145. The van der Waals surface area contributed by atoms with Gasteiger partial charge in [-0.3, -0.25) is 4.40 Å². The van der Waals surface area contributed by atoms with Gasteiger partial charge in [0, 0.05) is 0 Å². The number of alkyl halides is 3. The molecule has 0 amide bonds. The first-order chi connectivity index (χ1) is 9.41. The Kier molecular flexibility index (Phi) is 2.55. The molecule has 0 atom stereocenters. The Balaban J connectivity index is 2.55. The highest BCUT2D eigenvalue weighted by Crippen LogP contribution is 2.32. The van der Waals surface area contributed by atoms with Crippen molar-refractivity contribution in [1.29, 1.82) is 0 Å². The van der Waals surface area contributed by atoms with Crippen LogP contribution in [0, 0.1) is 6.57 Å². The summed E-state index contributed by atoms with van der Waals surface area (Å²) in [7, 11) is 0. The average molecular weight is 298 g/mol. The van der Waals surface area contributed by atoms with E-state index in [1.54, 1.807) is 0 Å². The van der Waals surface area contributed by atoms with Gasteiger partial charge in [-0.2, -0.15) is 13.2 Å². The van der Waals surface area contributed by atoms with Gasteiger partial charge in [0.15, 0.2) is 16.5 Å². The molecule has 5 nitrogen and oxygen atoms in total. The van der Waals surface area contributed by atoms with Crippen molar-refractivity contribution in [1.82, 2.24) is 19.6 Å². The zero-order valence-corrected chi connectivity index (χ0v) is 10.2. The van der Waals surface area contributed by atoms with Gasteiger partial charge < -0.3 is 0 Å². The summed E-state index contributed by atoms with van der Waals surface area (Å²) in [6.07, 6.45) is -4.69. The van der Waals surface area contributed by atoms with E-state index in [9.17, 15) is 13.2 Å². The second-order valence-electron chi connectivity index (χ2n) is 3.87. The van der Waals surface area contributed by atoms with Crippen LogP contribution >= 0.6 is 11.6 Å². The molecule has 3 aromatic rings. The maximum absolute atomic E-state index is 12.9. The van der Waals surface area contributed by atoms with Crippen LogP contribution in [0.25, 0.3) is 21.5 Å². The molecule has 0 spiro atoms. The molecule has 1 aromatic carbocycles. The molecule has 0 aliphatic rings. The van der Waals surface area contributed by atoms with Crippen molar-refractivity contribution in [3.05, 3.63) is 40.6 Å². The van der Waals surface area contributed by atoms with Crippen molar-refractivity contribution in [2.75, 3.05) is 0 Å². The maximum Gasteiger partial charge on any atom is 0.452 e. The van der Waals surface area contributed by atoms with Gasteiger partial charge in [0.05, 0.1) is 17.6 Å².